The highest BCUT2D eigenvalue weighted by molar-refractivity contribution is 5.88. The first-order chi connectivity index (χ1) is 7.18. The number of ketones is 1. The van der Waals surface area contributed by atoms with Crippen LogP contribution in [0.1, 0.15) is 32.1 Å². The van der Waals surface area contributed by atoms with Gasteiger partial charge in [0.1, 0.15) is 5.78 Å². The lowest BCUT2D eigenvalue weighted by molar-refractivity contribution is -0.138. The summed E-state index contributed by atoms with van der Waals surface area (Å²) < 4.78 is 0. The summed E-state index contributed by atoms with van der Waals surface area (Å²) in [6.45, 7) is 2.64. The third kappa shape index (κ3) is 1.95. The summed E-state index contributed by atoms with van der Waals surface area (Å²) in [5.74, 6) is 0.718. The monoisotopic (exact) mass is 210 g/mol. The van der Waals surface area contributed by atoms with Crippen LogP contribution in [0, 0.1) is 11.3 Å². The molecule has 0 aromatic rings. The van der Waals surface area contributed by atoms with Gasteiger partial charge >= 0.3 is 0 Å². The van der Waals surface area contributed by atoms with E-state index in [4.69, 9.17) is 5.73 Å². The Kier molecular flexibility index (Phi) is 3.12. The van der Waals surface area contributed by atoms with E-state index < -0.39 is 0 Å². The molecule has 2 rings (SSSR count). The van der Waals surface area contributed by atoms with Gasteiger partial charge in [-0.3, -0.25) is 4.79 Å². The van der Waals surface area contributed by atoms with E-state index in [9.17, 15) is 4.79 Å². The zero-order valence-corrected chi connectivity index (χ0v) is 9.67. The Balaban J connectivity index is 2.00. The fraction of sp³-hybridized carbons (Fsp3) is 0.917. The highest BCUT2D eigenvalue weighted by Crippen LogP contribution is 2.43. The topological polar surface area (TPSA) is 46.3 Å². The van der Waals surface area contributed by atoms with E-state index in [0.29, 0.717) is 12.3 Å². The van der Waals surface area contributed by atoms with Crippen molar-refractivity contribution in [1.29, 1.82) is 0 Å². The second kappa shape index (κ2) is 4.22. The lowest BCUT2D eigenvalue weighted by atomic mass is 9.62. The first-order valence-electron chi connectivity index (χ1n) is 6.11. The minimum absolute atomic E-state index is 0.122. The molecule has 0 radical (unpaired) electrons. The van der Waals surface area contributed by atoms with Crippen LogP contribution in [0.4, 0.5) is 0 Å². The number of piperidine rings is 1. The van der Waals surface area contributed by atoms with Gasteiger partial charge in [-0.1, -0.05) is 6.42 Å². The Hall–Kier alpha value is -0.410. The van der Waals surface area contributed by atoms with Crippen molar-refractivity contribution < 1.29 is 4.79 Å². The predicted octanol–water partition coefficient (Wildman–Crippen LogP) is 1.03. The van der Waals surface area contributed by atoms with Crippen LogP contribution < -0.4 is 5.73 Å². The molecule has 0 amide bonds. The molecule has 0 aromatic carbocycles. The number of rotatable bonds is 3. The zero-order valence-electron chi connectivity index (χ0n) is 9.67. The second-order valence-corrected chi connectivity index (χ2v) is 5.30. The summed E-state index contributed by atoms with van der Waals surface area (Å²) in [5, 5.41) is 0. The summed E-state index contributed by atoms with van der Waals surface area (Å²) in [6, 6.07) is 0. The largest absolute Gasteiger partial charge is 0.329 e. The SMILES string of the molecule is CN1CCCC(C(=O)C2(CN)CCC2)C1. The molecule has 86 valence electrons. The van der Waals surface area contributed by atoms with Gasteiger partial charge in [-0.2, -0.15) is 0 Å². The average molecular weight is 210 g/mol. The molecule has 1 atom stereocenters. The van der Waals surface area contributed by atoms with Gasteiger partial charge in [-0.25, -0.2) is 0 Å². The second-order valence-electron chi connectivity index (χ2n) is 5.30. The lowest BCUT2D eigenvalue weighted by Crippen LogP contribution is -2.50. The molecule has 0 spiro atoms. The predicted molar refractivity (Wildman–Crippen MR) is 60.6 cm³/mol. The van der Waals surface area contributed by atoms with E-state index in [1.165, 1.54) is 6.42 Å². The maximum Gasteiger partial charge on any atom is 0.144 e. The number of Topliss-reactive ketones (excluding diaryl/α,β-unsaturated/α-hetero) is 1. The molecular formula is C12H22N2O. The normalized spacial score (nSPS) is 30.9. The molecule has 1 heterocycles. The van der Waals surface area contributed by atoms with Crippen LogP contribution in [0.15, 0.2) is 0 Å². The van der Waals surface area contributed by atoms with Crippen molar-refractivity contribution in [3.63, 3.8) is 0 Å². The molecule has 1 saturated heterocycles. The Labute approximate surface area is 92.0 Å². The van der Waals surface area contributed by atoms with Crippen molar-refractivity contribution in [3.05, 3.63) is 0 Å². The Morgan fingerprint density at radius 3 is 2.67 bits per heavy atom. The third-order valence-corrected chi connectivity index (χ3v) is 4.22. The highest BCUT2D eigenvalue weighted by Gasteiger charge is 2.45. The Morgan fingerprint density at radius 1 is 1.47 bits per heavy atom. The van der Waals surface area contributed by atoms with Gasteiger partial charge in [0.05, 0.1) is 0 Å². The molecule has 0 bridgehead atoms. The highest BCUT2D eigenvalue weighted by atomic mass is 16.1. The quantitative estimate of drug-likeness (QED) is 0.756. The molecule has 0 aromatic heterocycles. The molecule has 1 saturated carbocycles. The van der Waals surface area contributed by atoms with Crippen molar-refractivity contribution in [2.24, 2.45) is 17.1 Å². The van der Waals surface area contributed by atoms with E-state index in [2.05, 4.69) is 11.9 Å². The number of likely N-dealkylation sites (tertiary alicyclic amines) is 1. The number of nitrogens with zero attached hydrogens (tertiary/aromatic N) is 1. The maximum absolute atomic E-state index is 12.4. The molecule has 2 N–H and O–H groups in total. The van der Waals surface area contributed by atoms with Crippen LogP contribution in [0.25, 0.3) is 0 Å². The smallest absolute Gasteiger partial charge is 0.144 e. The van der Waals surface area contributed by atoms with E-state index in [0.717, 1.165) is 38.8 Å². The fourth-order valence-corrected chi connectivity index (χ4v) is 2.97. The van der Waals surface area contributed by atoms with Crippen molar-refractivity contribution in [1.82, 2.24) is 4.90 Å². The van der Waals surface area contributed by atoms with Crippen molar-refractivity contribution in [3.8, 4) is 0 Å². The molecular weight excluding hydrogens is 188 g/mol. The zero-order chi connectivity index (χ0) is 10.9. The van der Waals surface area contributed by atoms with E-state index in [1.54, 1.807) is 0 Å². The molecule has 1 aliphatic heterocycles. The Morgan fingerprint density at radius 2 is 2.20 bits per heavy atom. The number of hydrogen-bond acceptors (Lipinski definition) is 3. The minimum Gasteiger partial charge on any atom is -0.329 e. The van der Waals surface area contributed by atoms with Crippen molar-refractivity contribution in [2.75, 3.05) is 26.7 Å². The van der Waals surface area contributed by atoms with Gasteiger partial charge in [0.25, 0.3) is 0 Å². The first-order valence-corrected chi connectivity index (χ1v) is 6.11. The van der Waals surface area contributed by atoms with Crippen molar-refractivity contribution in [2.45, 2.75) is 32.1 Å². The lowest BCUT2D eigenvalue weighted by Gasteiger charge is -2.43. The van der Waals surface area contributed by atoms with Gasteiger partial charge in [0.15, 0.2) is 0 Å². The summed E-state index contributed by atoms with van der Waals surface area (Å²) in [4.78, 5) is 14.6. The average Bonchev–Trinajstić information content (AvgIpc) is 2.17. The van der Waals surface area contributed by atoms with Crippen molar-refractivity contribution >= 4 is 5.78 Å². The molecule has 15 heavy (non-hydrogen) atoms. The molecule has 3 nitrogen and oxygen atoms in total. The summed E-state index contributed by atoms with van der Waals surface area (Å²) in [5.41, 5.74) is 5.65. The number of hydrogen-bond donors (Lipinski definition) is 1. The third-order valence-electron chi connectivity index (χ3n) is 4.22. The molecule has 1 aliphatic carbocycles. The minimum atomic E-state index is -0.122. The maximum atomic E-state index is 12.4. The number of carbonyl (C=O) groups excluding carboxylic acids is 1. The van der Waals surface area contributed by atoms with Gasteiger partial charge in [-0.15, -0.1) is 0 Å². The van der Waals surface area contributed by atoms with Gasteiger partial charge < -0.3 is 10.6 Å². The summed E-state index contributed by atoms with van der Waals surface area (Å²) in [7, 11) is 2.11. The fourth-order valence-electron chi connectivity index (χ4n) is 2.97. The van der Waals surface area contributed by atoms with Crippen LogP contribution in [-0.2, 0) is 4.79 Å². The molecule has 3 heteroatoms. The first kappa shape index (κ1) is 11.1. The number of carbonyl (C=O) groups is 1. The van der Waals surface area contributed by atoms with Crippen LogP contribution in [-0.4, -0.2) is 37.4 Å². The molecule has 2 aliphatic rings. The van der Waals surface area contributed by atoms with E-state index in [-0.39, 0.29) is 11.3 Å². The molecule has 2 fully saturated rings. The summed E-state index contributed by atoms with van der Waals surface area (Å²) in [6.07, 6.45) is 5.48. The van der Waals surface area contributed by atoms with Gasteiger partial charge in [0.2, 0.25) is 0 Å². The van der Waals surface area contributed by atoms with Gasteiger partial charge in [0, 0.05) is 24.4 Å². The van der Waals surface area contributed by atoms with Crippen LogP contribution in [0.2, 0.25) is 0 Å². The summed E-state index contributed by atoms with van der Waals surface area (Å²) >= 11 is 0. The standard InChI is InChI=1S/C12H22N2O/c1-14-7-2-4-10(8-14)11(15)12(9-13)5-3-6-12/h10H,2-9,13H2,1H3. The Bertz CT molecular complexity index is 242. The molecule has 1 unspecified atom stereocenters. The van der Waals surface area contributed by atoms with Crippen LogP contribution in [0.5, 0.6) is 0 Å². The van der Waals surface area contributed by atoms with E-state index >= 15 is 0 Å². The number of nitrogens with two attached hydrogens (primary N) is 1. The van der Waals surface area contributed by atoms with E-state index in [1.807, 2.05) is 0 Å². The van der Waals surface area contributed by atoms with Crippen LogP contribution in [0.3, 0.4) is 0 Å². The van der Waals surface area contributed by atoms with Crippen LogP contribution >= 0.6 is 0 Å². The van der Waals surface area contributed by atoms with Gasteiger partial charge in [-0.05, 0) is 39.3 Å².